The molecule has 1 N–H and O–H groups in total. The van der Waals surface area contributed by atoms with Crippen molar-refractivity contribution in [2.45, 2.75) is 11.8 Å². The highest BCUT2D eigenvalue weighted by Gasteiger charge is 2.21. The van der Waals surface area contributed by atoms with Gasteiger partial charge in [-0.15, -0.1) is 0 Å². The molecule has 21 heavy (non-hydrogen) atoms. The molecule has 0 saturated heterocycles. The third kappa shape index (κ3) is 3.78. The lowest BCUT2D eigenvalue weighted by Gasteiger charge is -2.11. The van der Waals surface area contributed by atoms with Gasteiger partial charge in [0, 0.05) is 10.7 Å². The van der Waals surface area contributed by atoms with Crippen molar-refractivity contribution in [2.75, 3.05) is 4.72 Å². The van der Waals surface area contributed by atoms with Gasteiger partial charge in [-0.25, -0.2) is 18.4 Å². The Balaban J connectivity index is 2.47. The standard InChI is InChI=1S/C11H7BrCl3N3O2S/c1-5-7(13)3-8(14)11(17-5)18-21(19,20)9-2-6(12)4-16-10(9)15/h2-4H,1H3,(H,17,18). The number of hydrogen-bond donors (Lipinski definition) is 1. The minimum atomic E-state index is -3.98. The zero-order chi connectivity index (χ0) is 15.8. The smallest absolute Gasteiger partial charge is 0.262 e. The molecule has 0 bridgehead atoms. The fourth-order valence-corrected chi connectivity index (χ4v) is 3.83. The molecule has 0 aliphatic rings. The van der Waals surface area contributed by atoms with Crippen LogP contribution in [-0.2, 0) is 10.0 Å². The highest BCUT2D eigenvalue weighted by atomic mass is 79.9. The first-order valence-electron chi connectivity index (χ1n) is 5.37. The number of aromatic nitrogens is 2. The van der Waals surface area contributed by atoms with Gasteiger partial charge in [-0.1, -0.05) is 34.8 Å². The molecule has 5 nitrogen and oxygen atoms in total. The van der Waals surface area contributed by atoms with Crippen LogP contribution in [0.15, 0.2) is 27.7 Å². The number of halogens is 4. The van der Waals surface area contributed by atoms with Gasteiger partial charge in [0.1, 0.15) is 10.0 Å². The van der Waals surface area contributed by atoms with Gasteiger partial charge < -0.3 is 0 Å². The maximum atomic E-state index is 12.3. The second-order valence-corrected chi connectivity index (χ2v) is 7.67. The zero-order valence-corrected chi connectivity index (χ0v) is 15.0. The summed E-state index contributed by atoms with van der Waals surface area (Å²) < 4.78 is 27.4. The van der Waals surface area contributed by atoms with Crippen LogP contribution < -0.4 is 4.72 Å². The lowest BCUT2D eigenvalue weighted by Crippen LogP contribution is -2.15. The van der Waals surface area contributed by atoms with Crippen LogP contribution in [0.4, 0.5) is 5.82 Å². The third-order valence-electron chi connectivity index (χ3n) is 2.40. The Hall–Kier alpha value is -0.600. The largest absolute Gasteiger partial charge is 0.266 e. The molecule has 0 aromatic carbocycles. The van der Waals surface area contributed by atoms with E-state index in [9.17, 15) is 8.42 Å². The molecule has 0 spiro atoms. The molecule has 10 heteroatoms. The first-order chi connectivity index (χ1) is 9.70. The molecule has 0 fully saturated rings. The lowest BCUT2D eigenvalue weighted by molar-refractivity contribution is 0.600. The number of nitrogens with one attached hydrogen (secondary N) is 1. The lowest BCUT2D eigenvalue weighted by atomic mass is 10.4. The highest BCUT2D eigenvalue weighted by Crippen LogP contribution is 2.29. The number of sulfonamides is 1. The summed E-state index contributed by atoms with van der Waals surface area (Å²) in [6, 6.07) is 2.73. The second kappa shape index (κ2) is 6.26. The van der Waals surface area contributed by atoms with Crippen molar-refractivity contribution in [3.63, 3.8) is 0 Å². The van der Waals surface area contributed by atoms with Crippen LogP contribution in [0.1, 0.15) is 5.69 Å². The van der Waals surface area contributed by atoms with Crippen molar-refractivity contribution in [1.29, 1.82) is 0 Å². The Bertz CT molecular complexity index is 815. The van der Waals surface area contributed by atoms with Gasteiger partial charge in [-0.05, 0) is 35.0 Å². The predicted octanol–water partition coefficient (Wildman–Crippen LogP) is 4.31. The summed E-state index contributed by atoms with van der Waals surface area (Å²) in [5.74, 6) is -0.0328. The van der Waals surface area contributed by atoms with Crippen LogP contribution in [0.5, 0.6) is 0 Å². The molecule has 112 valence electrons. The quantitative estimate of drug-likeness (QED) is 0.735. The molecule has 0 aliphatic carbocycles. The number of anilines is 1. The first-order valence-corrected chi connectivity index (χ1v) is 8.78. The Kier molecular flexibility index (Phi) is 4.99. The van der Waals surface area contributed by atoms with Crippen molar-refractivity contribution < 1.29 is 8.42 Å². The minimum absolute atomic E-state index is 0.0328. The number of aryl methyl sites for hydroxylation is 1. The van der Waals surface area contributed by atoms with E-state index in [2.05, 4.69) is 30.6 Å². The first kappa shape index (κ1) is 16.8. The van der Waals surface area contributed by atoms with Crippen molar-refractivity contribution in [1.82, 2.24) is 9.97 Å². The van der Waals surface area contributed by atoms with E-state index in [1.54, 1.807) is 6.92 Å². The van der Waals surface area contributed by atoms with Crippen LogP contribution in [0.2, 0.25) is 15.2 Å². The van der Waals surface area contributed by atoms with Crippen LogP contribution in [0.25, 0.3) is 0 Å². The van der Waals surface area contributed by atoms with E-state index >= 15 is 0 Å². The molecular weight excluding hydrogens is 424 g/mol. The van der Waals surface area contributed by atoms with Crippen molar-refractivity contribution >= 4 is 66.6 Å². The summed E-state index contributed by atoms with van der Waals surface area (Å²) in [6.45, 7) is 1.63. The number of pyridine rings is 2. The van der Waals surface area contributed by atoms with E-state index < -0.39 is 10.0 Å². The summed E-state index contributed by atoms with van der Waals surface area (Å²) in [7, 11) is -3.98. The number of rotatable bonds is 3. The molecule has 0 aliphatic heterocycles. The second-order valence-electron chi connectivity index (χ2n) is 3.93. The molecular formula is C11H7BrCl3N3O2S. The molecule has 0 unspecified atom stereocenters. The fourth-order valence-electron chi connectivity index (χ4n) is 1.40. The van der Waals surface area contributed by atoms with E-state index in [1.807, 2.05) is 0 Å². The van der Waals surface area contributed by atoms with E-state index in [4.69, 9.17) is 34.8 Å². The Morgan fingerprint density at radius 2 is 1.86 bits per heavy atom. The summed E-state index contributed by atoms with van der Waals surface area (Å²) in [5, 5.41) is 0.255. The average molecular weight is 432 g/mol. The van der Waals surface area contributed by atoms with E-state index in [-0.39, 0.29) is 20.9 Å². The van der Waals surface area contributed by atoms with Crippen molar-refractivity contribution in [3.05, 3.63) is 43.7 Å². The summed E-state index contributed by atoms with van der Waals surface area (Å²) in [5.41, 5.74) is 0.442. The zero-order valence-electron chi connectivity index (χ0n) is 10.4. The Labute approximate surface area is 144 Å². The maximum Gasteiger partial charge on any atom is 0.266 e. The summed E-state index contributed by atoms with van der Waals surface area (Å²) >= 11 is 20.7. The third-order valence-corrected chi connectivity index (χ3v) is 5.27. The van der Waals surface area contributed by atoms with E-state index in [0.717, 1.165) is 0 Å². The van der Waals surface area contributed by atoms with Crippen molar-refractivity contribution in [2.24, 2.45) is 0 Å². The fraction of sp³-hybridized carbons (Fsp3) is 0.0909. The van der Waals surface area contributed by atoms with Crippen LogP contribution in [0.3, 0.4) is 0 Å². The van der Waals surface area contributed by atoms with Gasteiger partial charge in [0.05, 0.1) is 15.7 Å². The summed E-state index contributed by atoms with van der Waals surface area (Å²) in [6.07, 6.45) is 1.39. The molecule has 2 heterocycles. The predicted molar refractivity (Wildman–Crippen MR) is 86.7 cm³/mol. The van der Waals surface area contributed by atoms with Gasteiger partial charge in [0.15, 0.2) is 5.82 Å². The average Bonchev–Trinajstić information content (AvgIpc) is 2.38. The molecule has 2 aromatic heterocycles. The normalized spacial score (nSPS) is 11.5. The van der Waals surface area contributed by atoms with Crippen molar-refractivity contribution in [3.8, 4) is 0 Å². The SMILES string of the molecule is Cc1nc(NS(=O)(=O)c2cc(Br)cnc2Cl)c(Cl)cc1Cl. The van der Waals surface area contributed by atoms with E-state index in [1.165, 1.54) is 18.3 Å². The van der Waals surface area contributed by atoms with Gasteiger partial charge in [0.25, 0.3) is 10.0 Å². The maximum absolute atomic E-state index is 12.3. The van der Waals surface area contributed by atoms with E-state index in [0.29, 0.717) is 15.2 Å². The number of hydrogen-bond acceptors (Lipinski definition) is 4. The molecule has 2 aromatic rings. The van der Waals surface area contributed by atoms with Crippen LogP contribution >= 0.6 is 50.7 Å². The van der Waals surface area contributed by atoms with Gasteiger partial charge in [-0.3, -0.25) is 4.72 Å². The van der Waals surface area contributed by atoms with Gasteiger partial charge in [0.2, 0.25) is 0 Å². The van der Waals surface area contributed by atoms with Gasteiger partial charge in [-0.2, -0.15) is 0 Å². The highest BCUT2D eigenvalue weighted by molar-refractivity contribution is 9.10. The molecule has 2 rings (SSSR count). The topological polar surface area (TPSA) is 72.0 Å². The molecule has 0 radical (unpaired) electrons. The Morgan fingerprint density at radius 1 is 1.19 bits per heavy atom. The van der Waals surface area contributed by atoms with Crippen LogP contribution in [-0.4, -0.2) is 18.4 Å². The van der Waals surface area contributed by atoms with Crippen LogP contribution in [0, 0.1) is 6.92 Å². The molecule has 0 saturated carbocycles. The minimum Gasteiger partial charge on any atom is -0.262 e. The Morgan fingerprint density at radius 3 is 2.52 bits per heavy atom. The molecule has 0 atom stereocenters. The monoisotopic (exact) mass is 429 g/mol. The molecule has 0 amide bonds. The van der Waals surface area contributed by atoms with Gasteiger partial charge >= 0.3 is 0 Å². The summed E-state index contributed by atoms with van der Waals surface area (Å²) in [4.78, 5) is 7.58. The number of nitrogens with zero attached hydrogens (tertiary/aromatic N) is 2.